The van der Waals surface area contributed by atoms with Crippen molar-refractivity contribution in [1.82, 2.24) is 4.98 Å². The SMILES string of the molecule is C#C/C(Cl)=C\C=C/CC(=O)Nc1ccc(C2(C(=O)Nc3ccc(F)cc3)CCC2)cn1. The van der Waals surface area contributed by atoms with Crippen LogP contribution in [0.4, 0.5) is 15.9 Å². The predicted molar refractivity (Wildman–Crippen MR) is 120 cm³/mol. The molecule has 1 aromatic heterocycles. The molecule has 5 nitrogen and oxygen atoms in total. The standard InChI is InChI=1S/C24H21ClFN3O2/c1-2-18(25)6-3-4-7-22(30)29-21-13-8-17(16-27-21)24(14-5-15-24)23(31)28-20-11-9-19(26)10-12-20/h1,3-4,6,8-13,16H,5,7,14-15H2,(H,28,31)(H,27,29,30)/b4-3-,18-6+. The number of carbonyl (C=O) groups is 2. The van der Waals surface area contributed by atoms with Crippen LogP contribution in [-0.2, 0) is 15.0 Å². The van der Waals surface area contributed by atoms with Crippen molar-refractivity contribution in [2.75, 3.05) is 10.6 Å². The Bertz CT molecular complexity index is 1050. The molecule has 0 atom stereocenters. The lowest BCUT2D eigenvalue weighted by atomic mass is 9.64. The van der Waals surface area contributed by atoms with Gasteiger partial charge in [0.15, 0.2) is 0 Å². The molecule has 7 heteroatoms. The molecule has 0 radical (unpaired) electrons. The first-order valence-corrected chi connectivity index (χ1v) is 10.1. The lowest BCUT2D eigenvalue weighted by Crippen LogP contribution is -2.46. The van der Waals surface area contributed by atoms with Crippen LogP contribution in [0.2, 0.25) is 0 Å². The maximum absolute atomic E-state index is 13.1. The van der Waals surface area contributed by atoms with E-state index in [0.717, 1.165) is 12.0 Å². The Labute approximate surface area is 185 Å². The van der Waals surface area contributed by atoms with E-state index in [0.29, 0.717) is 24.3 Å². The van der Waals surface area contributed by atoms with E-state index < -0.39 is 5.41 Å². The fourth-order valence-corrected chi connectivity index (χ4v) is 3.35. The predicted octanol–water partition coefficient (Wildman–Crippen LogP) is 4.92. The van der Waals surface area contributed by atoms with Crippen LogP contribution in [-0.4, -0.2) is 16.8 Å². The van der Waals surface area contributed by atoms with Crippen molar-refractivity contribution in [3.05, 3.63) is 77.2 Å². The van der Waals surface area contributed by atoms with Crippen molar-refractivity contribution in [3.63, 3.8) is 0 Å². The van der Waals surface area contributed by atoms with Crippen LogP contribution in [0.3, 0.4) is 0 Å². The number of rotatable bonds is 7. The van der Waals surface area contributed by atoms with E-state index in [1.165, 1.54) is 30.3 Å². The van der Waals surface area contributed by atoms with E-state index in [9.17, 15) is 14.0 Å². The zero-order chi connectivity index (χ0) is 22.3. The first kappa shape index (κ1) is 22.3. The molecule has 2 aromatic rings. The number of terminal acetylenes is 1. The summed E-state index contributed by atoms with van der Waals surface area (Å²) < 4.78 is 13.1. The number of benzene rings is 1. The van der Waals surface area contributed by atoms with Crippen LogP contribution in [0.25, 0.3) is 0 Å². The molecule has 158 valence electrons. The molecule has 0 unspecified atom stereocenters. The number of amides is 2. The Morgan fingerprint density at radius 3 is 2.52 bits per heavy atom. The smallest absolute Gasteiger partial charge is 0.235 e. The molecule has 2 amide bonds. The average molecular weight is 438 g/mol. The number of halogens is 2. The van der Waals surface area contributed by atoms with Crippen molar-refractivity contribution < 1.29 is 14.0 Å². The van der Waals surface area contributed by atoms with E-state index in [-0.39, 0.29) is 29.1 Å². The Kier molecular flexibility index (Phi) is 7.22. The third-order valence-electron chi connectivity index (χ3n) is 5.15. The molecule has 1 aliphatic rings. The van der Waals surface area contributed by atoms with Crippen molar-refractivity contribution in [2.24, 2.45) is 0 Å². The van der Waals surface area contributed by atoms with Gasteiger partial charge in [0.25, 0.3) is 0 Å². The summed E-state index contributed by atoms with van der Waals surface area (Å²) in [5.41, 5.74) is 0.654. The zero-order valence-corrected chi connectivity index (χ0v) is 17.5. The maximum Gasteiger partial charge on any atom is 0.235 e. The highest BCUT2D eigenvalue weighted by Crippen LogP contribution is 2.44. The molecule has 1 aliphatic carbocycles. The summed E-state index contributed by atoms with van der Waals surface area (Å²) in [6.07, 6.45) is 14.0. The third kappa shape index (κ3) is 5.59. The highest BCUT2D eigenvalue weighted by atomic mass is 35.5. The summed E-state index contributed by atoms with van der Waals surface area (Å²) in [4.78, 5) is 29.3. The Hall–Kier alpha value is -3.43. The van der Waals surface area contributed by atoms with Gasteiger partial charge in [0.05, 0.1) is 10.4 Å². The van der Waals surface area contributed by atoms with Crippen molar-refractivity contribution in [1.29, 1.82) is 0 Å². The minimum Gasteiger partial charge on any atom is -0.325 e. The molecule has 0 aliphatic heterocycles. The van der Waals surface area contributed by atoms with Gasteiger partial charge >= 0.3 is 0 Å². The number of pyridine rings is 1. The number of carbonyl (C=O) groups excluding carboxylic acids is 2. The van der Waals surface area contributed by atoms with E-state index in [1.54, 1.807) is 30.5 Å². The van der Waals surface area contributed by atoms with Crippen LogP contribution in [0.5, 0.6) is 0 Å². The summed E-state index contributed by atoms with van der Waals surface area (Å²) in [6, 6.07) is 9.14. The second kappa shape index (κ2) is 10.1. The van der Waals surface area contributed by atoms with Gasteiger partial charge in [-0.2, -0.15) is 0 Å². The molecule has 1 heterocycles. The maximum atomic E-state index is 13.1. The van der Waals surface area contributed by atoms with E-state index in [4.69, 9.17) is 18.0 Å². The Morgan fingerprint density at radius 1 is 1.19 bits per heavy atom. The van der Waals surface area contributed by atoms with E-state index in [1.807, 2.05) is 0 Å². The molecule has 2 N–H and O–H groups in total. The molecular formula is C24H21ClFN3O2. The normalized spacial score (nSPS) is 15.1. The summed E-state index contributed by atoms with van der Waals surface area (Å²) in [5, 5.41) is 5.81. The van der Waals surface area contributed by atoms with Crippen LogP contribution in [0.1, 0.15) is 31.2 Å². The molecule has 3 rings (SSSR count). The summed E-state index contributed by atoms with van der Waals surface area (Å²) in [7, 11) is 0. The number of hydrogen-bond donors (Lipinski definition) is 2. The molecular weight excluding hydrogens is 417 g/mol. The molecule has 1 aromatic carbocycles. The minimum atomic E-state index is -0.671. The van der Waals surface area contributed by atoms with Crippen molar-refractivity contribution >= 4 is 34.9 Å². The highest BCUT2D eigenvalue weighted by Gasteiger charge is 2.45. The molecule has 1 saturated carbocycles. The first-order chi connectivity index (χ1) is 14.9. The van der Waals surface area contributed by atoms with Gasteiger partial charge < -0.3 is 10.6 Å². The zero-order valence-electron chi connectivity index (χ0n) is 16.7. The number of anilines is 2. The van der Waals surface area contributed by atoms with Crippen molar-refractivity contribution in [2.45, 2.75) is 31.1 Å². The third-order valence-corrected chi connectivity index (χ3v) is 5.38. The monoisotopic (exact) mass is 437 g/mol. The van der Waals surface area contributed by atoms with E-state index >= 15 is 0 Å². The van der Waals surface area contributed by atoms with Gasteiger partial charge in [-0.25, -0.2) is 9.37 Å². The number of hydrogen-bond acceptors (Lipinski definition) is 3. The Balaban J connectivity index is 1.62. The molecule has 0 saturated heterocycles. The fourth-order valence-electron chi connectivity index (χ4n) is 3.28. The Morgan fingerprint density at radius 2 is 1.94 bits per heavy atom. The van der Waals surface area contributed by atoms with Gasteiger partial charge in [-0.1, -0.05) is 42.2 Å². The number of nitrogens with zero attached hydrogens (tertiary/aromatic N) is 1. The second-order valence-corrected chi connectivity index (χ2v) is 7.58. The number of aromatic nitrogens is 1. The summed E-state index contributed by atoms with van der Waals surface area (Å²) in [6.45, 7) is 0. The quantitative estimate of drug-likeness (QED) is 0.477. The van der Waals surface area contributed by atoms with Gasteiger partial charge in [-0.15, -0.1) is 6.42 Å². The average Bonchev–Trinajstić information content (AvgIpc) is 2.73. The van der Waals surface area contributed by atoms with Gasteiger partial charge in [-0.3, -0.25) is 9.59 Å². The second-order valence-electron chi connectivity index (χ2n) is 7.17. The molecule has 1 fully saturated rings. The molecule has 31 heavy (non-hydrogen) atoms. The highest BCUT2D eigenvalue weighted by molar-refractivity contribution is 6.32. The van der Waals surface area contributed by atoms with E-state index in [2.05, 4.69) is 21.5 Å². The number of nitrogens with one attached hydrogen (secondary N) is 2. The number of allylic oxidation sites excluding steroid dienone is 3. The first-order valence-electron chi connectivity index (χ1n) is 9.75. The topological polar surface area (TPSA) is 71.1 Å². The minimum absolute atomic E-state index is 0.138. The van der Waals surface area contributed by atoms with Gasteiger partial charge in [-0.05, 0) is 54.8 Å². The van der Waals surface area contributed by atoms with Crippen LogP contribution < -0.4 is 10.6 Å². The largest absolute Gasteiger partial charge is 0.325 e. The fraction of sp³-hybridized carbons (Fsp3) is 0.208. The lowest BCUT2D eigenvalue weighted by Gasteiger charge is -2.40. The molecule has 0 bridgehead atoms. The van der Waals surface area contributed by atoms with Crippen molar-refractivity contribution in [3.8, 4) is 12.3 Å². The van der Waals surface area contributed by atoms with Crippen LogP contribution in [0.15, 0.2) is 65.9 Å². The summed E-state index contributed by atoms with van der Waals surface area (Å²) in [5.74, 6) is 1.91. The lowest BCUT2D eigenvalue weighted by molar-refractivity contribution is -0.124. The van der Waals surface area contributed by atoms with Gasteiger partial charge in [0.1, 0.15) is 11.6 Å². The van der Waals surface area contributed by atoms with Crippen LogP contribution in [0, 0.1) is 18.2 Å². The van der Waals surface area contributed by atoms with Gasteiger partial charge in [0.2, 0.25) is 11.8 Å². The van der Waals surface area contributed by atoms with Gasteiger partial charge in [0, 0.05) is 18.3 Å². The summed E-state index contributed by atoms with van der Waals surface area (Å²) >= 11 is 5.67. The molecule has 0 spiro atoms. The van der Waals surface area contributed by atoms with Crippen LogP contribution >= 0.6 is 11.6 Å².